The van der Waals surface area contributed by atoms with Gasteiger partial charge in [0.05, 0.1) is 0 Å². The van der Waals surface area contributed by atoms with Crippen molar-refractivity contribution in [1.82, 2.24) is 0 Å². The van der Waals surface area contributed by atoms with Crippen LogP contribution in [-0.4, -0.2) is 11.7 Å². The SMILES string of the molecule is CCCCCC1c2cc(c(OCc3ccccc3)cc2OCc2ccccc2)C(CCCO)c2cc(c(OCc3ccccc3)cc2OCc2ccccc2)C(CCCCC)c2cc(c(OCc3ccccc3)cc2OCc2ccccc2)C(CCCCC)c2cc1c(OCc1ccccc1)cc2OCc1ccccc1. The van der Waals surface area contributed by atoms with Gasteiger partial charge in [0.25, 0.3) is 0 Å². The van der Waals surface area contributed by atoms with Gasteiger partial charge in [0, 0.05) is 99.1 Å². The molecule has 0 saturated carbocycles. The summed E-state index contributed by atoms with van der Waals surface area (Å²) in [7, 11) is 0. The van der Waals surface area contributed by atoms with Crippen LogP contribution in [0.3, 0.4) is 0 Å². The Labute approximate surface area is 659 Å². The van der Waals surface area contributed by atoms with Gasteiger partial charge in [-0.25, -0.2) is 0 Å². The minimum Gasteiger partial charge on any atom is -0.488 e. The van der Waals surface area contributed by atoms with Crippen molar-refractivity contribution >= 4 is 0 Å². The van der Waals surface area contributed by atoms with Crippen molar-refractivity contribution in [3.8, 4) is 46.0 Å². The maximum absolute atomic E-state index is 11.5. The molecule has 0 fully saturated rings. The fourth-order valence-corrected chi connectivity index (χ4v) is 15.4. The lowest BCUT2D eigenvalue weighted by Gasteiger charge is -2.32. The standard InChI is InChI=1S/C102H108O9/c1-4-7-18-54-83-87-59-89(97(106-69-77-42-25-12-26-43-77)63-95(87)104-67-75-38-21-10-22-39-75)84(55-19-8-5-2)91-61-93(101(110-73-81-50-33-16-34-51-81)65-99(91)108-71-79-46-29-14-30-47-79)86(57-37-58-103)94-62-92(100(109-72-80-48-31-15-32-49-80)66-102(94)111-74-82-52-35-17-36-53-82)85(56-20-9-6-3)90-60-88(83)96(105-68-76-40-23-11-24-41-76)64-98(90)107-70-78-44-27-13-28-45-78/h10-17,21-36,38-53,59-66,83-86,103H,4-9,18-20,37,54-58,67-74H2,1-3H3. The molecular weight excluding hydrogens is 1370 g/mol. The van der Waals surface area contributed by atoms with E-state index in [1.807, 2.05) is 12.1 Å². The lowest BCUT2D eigenvalue weighted by Crippen LogP contribution is -2.16. The molecule has 1 N–H and O–H groups in total. The summed E-state index contributed by atoms with van der Waals surface area (Å²) in [6.07, 6.45) is 12.1. The first-order valence-electron chi connectivity index (χ1n) is 40.6. The summed E-state index contributed by atoms with van der Waals surface area (Å²) in [5, 5.41) is 11.5. The van der Waals surface area contributed by atoms with Crippen LogP contribution in [-0.2, 0) is 52.9 Å². The number of benzene rings is 12. The van der Waals surface area contributed by atoms with Crippen molar-refractivity contribution < 1.29 is 43.0 Å². The zero-order valence-electron chi connectivity index (χ0n) is 65.0. The lowest BCUT2D eigenvalue weighted by molar-refractivity contribution is 0.270. The Morgan fingerprint density at radius 3 is 0.495 bits per heavy atom. The number of ether oxygens (including phenoxy) is 8. The van der Waals surface area contributed by atoms with E-state index in [1.165, 1.54) is 0 Å². The first-order chi connectivity index (χ1) is 54.9. The van der Waals surface area contributed by atoms with Gasteiger partial charge in [-0.3, -0.25) is 0 Å². The zero-order chi connectivity index (χ0) is 76.0. The van der Waals surface area contributed by atoms with Crippen molar-refractivity contribution in [2.75, 3.05) is 6.61 Å². The third kappa shape index (κ3) is 21.5. The van der Waals surface area contributed by atoms with Gasteiger partial charge in [-0.15, -0.1) is 0 Å². The maximum Gasteiger partial charge on any atom is 0.127 e. The number of rotatable bonds is 39. The molecule has 0 saturated heterocycles. The molecule has 8 bridgehead atoms. The molecule has 2 unspecified atom stereocenters. The molecule has 0 spiro atoms. The van der Waals surface area contributed by atoms with Crippen molar-refractivity contribution in [1.29, 1.82) is 0 Å². The summed E-state index contributed by atoms with van der Waals surface area (Å²) in [4.78, 5) is 0. The van der Waals surface area contributed by atoms with Gasteiger partial charge < -0.3 is 43.0 Å². The van der Waals surface area contributed by atoms with Crippen LogP contribution in [0.2, 0.25) is 0 Å². The number of aliphatic hydroxyl groups is 1. The second-order valence-corrected chi connectivity index (χ2v) is 29.5. The van der Waals surface area contributed by atoms with Gasteiger partial charge >= 0.3 is 0 Å². The summed E-state index contributed by atoms with van der Waals surface area (Å²) in [5.41, 5.74) is 16.4. The van der Waals surface area contributed by atoms with Crippen molar-refractivity contribution in [2.45, 2.75) is 187 Å². The first-order valence-corrected chi connectivity index (χ1v) is 40.6. The number of unbranched alkanes of at least 4 members (excludes halogenated alkanes) is 6. The van der Waals surface area contributed by atoms with Crippen LogP contribution in [0.5, 0.6) is 46.0 Å². The van der Waals surface area contributed by atoms with Gasteiger partial charge in [-0.05, 0) is 101 Å². The molecule has 0 amide bonds. The molecule has 0 heterocycles. The molecule has 9 heteroatoms. The molecule has 111 heavy (non-hydrogen) atoms. The van der Waals surface area contributed by atoms with Gasteiger partial charge in [0.15, 0.2) is 0 Å². The molecule has 0 aliphatic heterocycles. The monoisotopic (exact) mass is 1480 g/mol. The average molecular weight is 1480 g/mol. The average Bonchev–Trinajstić information content (AvgIpc) is 0.712. The molecule has 570 valence electrons. The van der Waals surface area contributed by atoms with E-state index in [0.717, 1.165) is 189 Å². The number of hydrogen-bond acceptors (Lipinski definition) is 9. The Balaban J connectivity index is 1.19. The highest BCUT2D eigenvalue weighted by Crippen LogP contribution is 2.55. The highest BCUT2D eigenvalue weighted by atomic mass is 16.5. The van der Waals surface area contributed by atoms with Gasteiger partial charge in [-0.1, -0.05) is 321 Å². The molecule has 9 nitrogen and oxygen atoms in total. The van der Waals surface area contributed by atoms with Crippen molar-refractivity contribution in [3.63, 3.8) is 0 Å². The fourth-order valence-electron chi connectivity index (χ4n) is 15.4. The zero-order valence-corrected chi connectivity index (χ0v) is 65.0. The Kier molecular flexibility index (Phi) is 29.0. The molecule has 1 aliphatic rings. The molecule has 1 aliphatic carbocycles. The summed E-state index contributed by atoms with van der Waals surface area (Å²) >= 11 is 0. The van der Waals surface area contributed by atoms with Crippen LogP contribution in [0.1, 0.15) is 223 Å². The third-order valence-corrected chi connectivity index (χ3v) is 21.4. The third-order valence-electron chi connectivity index (χ3n) is 21.4. The van der Waals surface area contributed by atoms with E-state index in [2.05, 4.69) is 300 Å². The number of fused-ring (bicyclic) bond motifs is 8. The van der Waals surface area contributed by atoms with Crippen molar-refractivity contribution in [3.05, 3.63) is 380 Å². The predicted octanol–water partition coefficient (Wildman–Crippen LogP) is 25.7. The largest absolute Gasteiger partial charge is 0.488 e. The van der Waals surface area contributed by atoms with E-state index in [1.54, 1.807) is 0 Å². The summed E-state index contributed by atoms with van der Waals surface area (Å²) in [6.45, 7) is 9.27. The van der Waals surface area contributed by atoms with E-state index in [-0.39, 0.29) is 37.6 Å². The van der Waals surface area contributed by atoms with E-state index >= 15 is 0 Å². The molecule has 12 aromatic rings. The quantitative estimate of drug-likeness (QED) is 0.0378. The van der Waals surface area contributed by atoms with Crippen LogP contribution < -0.4 is 37.9 Å². The smallest absolute Gasteiger partial charge is 0.127 e. The Morgan fingerprint density at radius 2 is 0.351 bits per heavy atom. The minimum absolute atomic E-state index is 0.0426. The van der Waals surface area contributed by atoms with Crippen LogP contribution in [0.4, 0.5) is 0 Å². The minimum atomic E-state index is -0.447. The van der Waals surface area contributed by atoms with Crippen LogP contribution in [0, 0.1) is 0 Å². The van der Waals surface area contributed by atoms with Crippen LogP contribution in [0.15, 0.2) is 291 Å². The highest BCUT2D eigenvalue weighted by molar-refractivity contribution is 5.64. The Hall–Kier alpha value is -11.0. The molecule has 12 aromatic carbocycles. The summed E-state index contributed by atoms with van der Waals surface area (Å²) < 4.78 is 60.0. The maximum atomic E-state index is 11.5. The molecule has 13 rings (SSSR count). The van der Waals surface area contributed by atoms with E-state index in [4.69, 9.17) is 37.9 Å². The number of hydrogen-bond donors (Lipinski definition) is 1. The molecule has 0 radical (unpaired) electrons. The fraction of sp³-hybridized carbons (Fsp3) is 0.294. The van der Waals surface area contributed by atoms with Crippen LogP contribution >= 0.6 is 0 Å². The molecular formula is C102H108O9. The lowest BCUT2D eigenvalue weighted by atomic mass is 9.76. The van der Waals surface area contributed by atoms with E-state index in [0.29, 0.717) is 75.5 Å². The van der Waals surface area contributed by atoms with Gasteiger partial charge in [-0.2, -0.15) is 0 Å². The first kappa shape index (κ1) is 78.1. The second-order valence-electron chi connectivity index (χ2n) is 29.5. The number of aliphatic hydroxyl groups excluding tert-OH is 1. The van der Waals surface area contributed by atoms with Crippen LogP contribution in [0.25, 0.3) is 0 Å². The normalized spacial score (nSPS) is 14.4. The predicted molar refractivity (Wildman–Crippen MR) is 448 cm³/mol. The Bertz CT molecular complexity index is 4460. The topological polar surface area (TPSA) is 94.1 Å². The molecule has 2 atom stereocenters. The highest BCUT2D eigenvalue weighted by Gasteiger charge is 2.36. The van der Waals surface area contributed by atoms with E-state index < -0.39 is 5.92 Å². The van der Waals surface area contributed by atoms with Gasteiger partial charge in [0.2, 0.25) is 0 Å². The van der Waals surface area contributed by atoms with E-state index in [9.17, 15) is 5.11 Å². The van der Waals surface area contributed by atoms with Crippen molar-refractivity contribution in [2.24, 2.45) is 0 Å². The second kappa shape index (κ2) is 41.2. The van der Waals surface area contributed by atoms with Gasteiger partial charge in [0.1, 0.15) is 98.9 Å². The summed E-state index contributed by atoms with van der Waals surface area (Å²) in [6, 6.07) is 102. The summed E-state index contributed by atoms with van der Waals surface area (Å²) in [5.74, 6) is 4.28. The molecule has 0 aromatic heterocycles. The Morgan fingerprint density at radius 1 is 0.198 bits per heavy atom.